The number of H-pyrrole nitrogens is 1. The van der Waals surface area contributed by atoms with E-state index in [0.717, 1.165) is 11.3 Å². The first-order valence-corrected chi connectivity index (χ1v) is 9.01. The predicted molar refractivity (Wildman–Crippen MR) is 96.8 cm³/mol. The summed E-state index contributed by atoms with van der Waals surface area (Å²) in [5.74, 6) is 0. The molecule has 0 radical (unpaired) electrons. The van der Waals surface area contributed by atoms with Gasteiger partial charge in [-0.1, -0.05) is 12.8 Å². The molecule has 3 N–H and O–H groups in total. The fourth-order valence-corrected chi connectivity index (χ4v) is 3.79. The summed E-state index contributed by atoms with van der Waals surface area (Å²) in [6.45, 7) is 0.447. The number of nitrogens with one attached hydrogen (secondary N) is 3. The maximum absolute atomic E-state index is 11.9. The molecule has 1 aromatic heterocycles. The van der Waals surface area contributed by atoms with E-state index in [4.69, 9.17) is 0 Å². The average molecular weight is 345 g/mol. The van der Waals surface area contributed by atoms with Crippen molar-refractivity contribution in [2.45, 2.75) is 43.2 Å². The SMILES string of the molecule is CN(Sc1ccc(NC(=O)NCc2cn[nH]c2)cc1)C1CCCC1. The second-order valence-corrected chi connectivity index (χ2v) is 7.24. The number of hydrogen-bond donors (Lipinski definition) is 3. The van der Waals surface area contributed by atoms with Crippen molar-refractivity contribution in [2.24, 2.45) is 0 Å². The molecule has 2 aromatic rings. The van der Waals surface area contributed by atoms with Crippen LogP contribution in [0.15, 0.2) is 41.6 Å². The number of nitrogens with zero attached hydrogens (tertiary/aromatic N) is 2. The first-order chi connectivity index (χ1) is 11.7. The quantitative estimate of drug-likeness (QED) is 0.699. The Morgan fingerprint density at radius 1 is 1.33 bits per heavy atom. The number of urea groups is 1. The van der Waals surface area contributed by atoms with Crippen LogP contribution in [0.4, 0.5) is 10.5 Å². The summed E-state index contributed by atoms with van der Waals surface area (Å²) in [6.07, 6.45) is 8.71. The van der Waals surface area contributed by atoms with E-state index in [1.807, 2.05) is 24.3 Å². The Labute approximate surface area is 146 Å². The number of benzene rings is 1. The van der Waals surface area contributed by atoms with Gasteiger partial charge in [0.05, 0.1) is 6.20 Å². The van der Waals surface area contributed by atoms with Crippen molar-refractivity contribution in [1.82, 2.24) is 19.8 Å². The third kappa shape index (κ3) is 4.75. The van der Waals surface area contributed by atoms with E-state index in [0.29, 0.717) is 12.6 Å². The second-order valence-electron chi connectivity index (χ2n) is 6.01. The van der Waals surface area contributed by atoms with Gasteiger partial charge in [-0.25, -0.2) is 9.10 Å². The molecule has 1 heterocycles. The van der Waals surface area contributed by atoms with Crippen LogP contribution in [0, 0.1) is 0 Å². The van der Waals surface area contributed by atoms with Crippen molar-refractivity contribution in [3.63, 3.8) is 0 Å². The molecule has 1 fully saturated rings. The minimum atomic E-state index is -0.223. The number of amides is 2. The van der Waals surface area contributed by atoms with Gasteiger partial charge in [-0.05, 0) is 56.1 Å². The highest BCUT2D eigenvalue weighted by Gasteiger charge is 2.20. The molecule has 1 aliphatic carbocycles. The minimum Gasteiger partial charge on any atom is -0.334 e. The maximum Gasteiger partial charge on any atom is 0.319 e. The number of aromatic nitrogens is 2. The lowest BCUT2D eigenvalue weighted by Gasteiger charge is -2.22. The third-order valence-corrected chi connectivity index (χ3v) is 5.28. The van der Waals surface area contributed by atoms with Gasteiger partial charge < -0.3 is 10.6 Å². The van der Waals surface area contributed by atoms with E-state index in [1.54, 1.807) is 24.3 Å². The van der Waals surface area contributed by atoms with Crippen LogP contribution in [0.5, 0.6) is 0 Å². The van der Waals surface area contributed by atoms with Crippen molar-refractivity contribution in [2.75, 3.05) is 12.4 Å². The van der Waals surface area contributed by atoms with Gasteiger partial charge in [-0.3, -0.25) is 5.10 Å². The molecule has 3 rings (SSSR count). The molecule has 6 nitrogen and oxygen atoms in total. The van der Waals surface area contributed by atoms with E-state index in [-0.39, 0.29) is 6.03 Å². The fourth-order valence-electron chi connectivity index (χ4n) is 2.84. The Hall–Kier alpha value is -1.99. The summed E-state index contributed by atoms with van der Waals surface area (Å²) in [6, 6.07) is 8.41. The highest BCUT2D eigenvalue weighted by atomic mass is 32.2. The molecule has 24 heavy (non-hydrogen) atoms. The number of aromatic amines is 1. The van der Waals surface area contributed by atoms with Gasteiger partial charge in [0.2, 0.25) is 0 Å². The molecule has 0 saturated heterocycles. The molecule has 1 aliphatic rings. The van der Waals surface area contributed by atoms with E-state index in [1.165, 1.54) is 30.6 Å². The molecule has 2 amide bonds. The molecule has 0 atom stereocenters. The molecule has 7 heteroatoms. The van der Waals surface area contributed by atoms with Crippen molar-refractivity contribution in [3.05, 3.63) is 42.2 Å². The lowest BCUT2D eigenvalue weighted by Crippen LogP contribution is -2.28. The Kier molecular flexibility index (Phi) is 5.77. The Morgan fingerprint density at radius 3 is 2.75 bits per heavy atom. The summed E-state index contributed by atoms with van der Waals surface area (Å²) in [4.78, 5) is 13.1. The van der Waals surface area contributed by atoms with E-state index >= 15 is 0 Å². The number of carbonyl (C=O) groups is 1. The second kappa shape index (κ2) is 8.21. The Balaban J connectivity index is 1.46. The largest absolute Gasteiger partial charge is 0.334 e. The zero-order valence-corrected chi connectivity index (χ0v) is 14.6. The molecule has 128 valence electrons. The van der Waals surface area contributed by atoms with Crippen LogP contribution in [0.1, 0.15) is 31.2 Å². The number of anilines is 1. The van der Waals surface area contributed by atoms with Crippen LogP contribution in [0.25, 0.3) is 0 Å². The molecular weight excluding hydrogens is 322 g/mol. The molecular formula is C17H23N5OS. The summed E-state index contributed by atoms with van der Waals surface area (Å²) >= 11 is 1.77. The van der Waals surface area contributed by atoms with Gasteiger partial charge in [0, 0.05) is 34.9 Å². The Bertz CT molecular complexity index is 638. The van der Waals surface area contributed by atoms with Gasteiger partial charge in [0.1, 0.15) is 0 Å². The van der Waals surface area contributed by atoms with Crippen LogP contribution >= 0.6 is 11.9 Å². The van der Waals surface area contributed by atoms with E-state index in [9.17, 15) is 4.79 Å². The molecule has 0 unspecified atom stereocenters. The molecule has 0 bridgehead atoms. The highest BCUT2D eigenvalue weighted by Crippen LogP contribution is 2.31. The van der Waals surface area contributed by atoms with Crippen LogP contribution < -0.4 is 10.6 Å². The average Bonchev–Trinajstić information content (AvgIpc) is 3.28. The zero-order chi connectivity index (χ0) is 16.8. The summed E-state index contributed by atoms with van der Waals surface area (Å²) in [7, 11) is 2.16. The van der Waals surface area contributed by atoms with Gasteiger partial charge in [-0.15, -0.1) is 0 Å². The number of rotatable bonds is 6. The highest BCUT2D eigenvalue weighted by molar-refractivity contribution is 7.97. The van der Waals surface area contributed by atoms with Crippen molar-refractivity contribution in [3.8, 4) is 0 Å². The first-order valence-electron chi connectivity index (χ1n) is 8.24. The molecule has 1 aromatic carbocycles. The van der Waals surface area contributed by atoms with Crippen molar-refractivity contribution in [1.29, 1.82) is 0 Å². The van der Waals surface area contributed by atoms with E-state index in [2.05, 4.69) is 32.2 Å². The monoisotopic (exact) mass is 345 g/mol. The fraction of sp³-hybridized carbons (Fsp3) is 0.412. The number of hydrogen-bond acceptors (Lipinski definition) is 4. The topological polar surface area (TPSA) is 73.1 Å². The zero-order valence-electron chi connectivity index (χ0n) is 13.8. The van der Waals surface area contributed by atoms with Crippen LogP contribution in [-0.4, -0.2) is 33.6 Å². The smallest absolute Gasteiger partial charge is 0.319 e. The third-order valence-electron chi connectivity index (χ3n) is 4.21. The Morgan fingerprint density at radius 2 is 2.08 bits per heavy atom. The lowest BCUT2D eigenvalue weighted by molar-refractivity contribution is 0.251. The molecule has 0 spiro atoms. The summed E-state index contributed by atoms with van der Waals surface area (Å²) in [5.41, 5.74) is 1.72. The van der Waals surface area contributed by atoms with Gasteiger partial charge >= 0.3 is 6.03 Å². The normalized spacial score (nSPS) is 14.9. The van der Waals surface area contributed by atoms with Crippen molar-refractivity contribution < 1.29 is 4.79 Å². The standard InChI is InChI=1S/C17H23N5OS/c1-22(15-4-2-3-5-15)24-16-8-6-14(7-9-16)21-17(23)18-10-13-11-19-20-12-13/h6-9,11-12,15H,2-5,10H2,1H3,(H,19,20)(H2,18,21,23). The van der Waals surface area contributed by atoms with E-state index < -0.39 is 0 Å². The van der Waals surface area contributed by atoms with Crippen LogP contribution in [0.3, 0.4) is 0 Å². The minimum absolute atomic E-state index is 0.223. The van der Waals surface area contributed by atoms with Crippen LogP contribution in [0.2, 0.25) is 0 Å². The van der Waals surface area contributed by atoms with Crippen molar-refractivity contribution >= 4 is 23.7 Å². The van der Waals surface area contributed by atoms with Gasteiger partial charge in [-0.2, -0.15) is 5.10 Å². The van der Waals surface area contributed by atoms with Gasteiger partial charge in [0.25, 0.3) is 0 Å². The lowest BCUT2D eigenvalue weighted by atomic mass is 10.3. The molecule has 0 aliphatic heterocycles. The van der Waals surface area contributed by atoms with Crippen LogP contribution in [-0.2, 0) is 6.54 Å². The van der Waals surface area contributed by atoms with Gasteiger partial charge in [0.15, 0.2) is 0 Å². The summed E-state index contributed by atoms with van der Waals surface area (Å²) in [5, 5.41) is 12.2. The predicted octanol–water partition coefficient (Wildman–Crippen LogP) is 3.61. The molecule has 1 saturated carbocycles. The maximum atomic E-state index is 11.9. The first kappa shape index (κ1) is 16.9. The number of carbonyl (C=O) groups excluding carboxylic acids is 1. The summed E-state index contributed by atoms with van der Waals surface area (Å²) < 4.78 is 2.35.